The molecule has 134 valence electrons. The highest BCUT2D eigenvalue weighted by molar-refractivity contribution is 5.86. The third-order valence-electron chi connectivity index (χ3n) is 7.10. The third kappa shape index (κ3) is 1.91. The van der Waals surface area contributed by atoms with Gasteiger partial charge in [0.2, 0.25) is 5.91 Å². The molecule has 5 heteroatoms. The summed E-state index contributed by atoms with van der Waals surface area (Å²) in [6, 6.07) is 8.19. The van der Waals surface area contributed by atoms with E-state index in [0.29, 0.717) is 5.91 Å². The quantitative estimate of drug-likeness (QED) is 0.795. The molecule has 0 radical (unpaired) electrons. The van der Waals surface area contributed by atoms with Crippen LogP contribution in [0.2, 0.25) is 0 Å². The van der Waals surface area contributed by atoms with Gasteiger partial charge >= 0.3 is 0 Å². The summed E-state index contributed by atoms with van der Waals surface area (Å²) >= 11 is 0. The van der Waals surface area contributed by atoms with Crippen molar-refractivity contribution in [1.29, 1.82) is 0 Å². The zero-order valence-corrected chi connectivity index (χ0v) is 14.9. The van der Waals surface area contributed by atoms with E-state index in [0.717, 1.165) is 74.8 Å². The van der Waals surface area contributed by atoms with Crippen molar-refractivity contribution in [3.05, 3.63) is 42.5 Å². The number of para-hydroxylation sites is 2. The van der Waals surface area contributed by atoms with Crippen molar-refractivity contribution in [2.24, 2.45) is 11.3 Å². The number of nitrogens with zero attached hydrogens (tertiary/aromatic N) is 3. The Balaban J connectivity index is 1.27. The Morgan fingerprint density at radius 3 is 2.65 bits per heavy atom. The van der Waals surface area contributed by atoms with Crippen LogP contribution in [-0.2, 0) is 11.2 Å². The Kier molecular flexibility index (Phi) is 2.79. The average Bonchev–Trinajstić information content (AvgIpc) is 2.96. The first-order valence-electron chi connectivity index (χ1n) is 9.77. The van der Waals surface area contributed by atoms with Gasteiger partial charge in [-0.3, -0.25) is 4.79 Å². The maximum Gasteiger partial charge on any atom is 0.228 e. The molecular formula is C21H23N3O2. The number of benzene rings is 1. The molecule has 2 bridgehead atoms. The molecule has 5 aliphatic rings. The van der Waals surface area contributed by atoms with Crippen molar-refractivity contribution >= 4 is 5.91 Å². The van der Waals surface area contributed by atoms with Crippen molar-refractivity contribution in [1.82, 2.24) is 14.5 Å². The van der Waals surface area contributed by atoms with Gasteiger partial charge in [-0.05, 0) is 37.3 Å². The second-order valence-corrected chi connectivity index (χ2v) is 8.69. The molecule has 3 saturated carbocycles. The number of hydrogen-bond acceptors (Lipinski definition) is 3. The van der Waals surface area contributed by atoms with Gasteiger partial charge in [0.25, 0.3) is 0 Å². The maximum atomic E-state index is 12.9. The number of likely N-dealkylation sites (tertiary alicyclic amines) is 1. The minimum Gasteiger partial charge on any atom is -0.484 e. The van der Waals surface area contributed by atoms with Crippen LogP contribution in [0, 0.1) is 11.3 Å². The molecular weight excluding hydrogens is 326 g/mol. The largest absolute Gasteiger partial charge is 0.484 e. The van der Waals surface area contributed by atoms with Gasteiger partial charge in [0, 0.05) is 44.7 Å². The van der Waals surface area contributed by atoms with Gasteiger partial charge in [0.1, 0.15) is 17.2 Å². The Morgan fingerprint density at radius 2 is 1.92 bits per heavy atom. The van der Waals surface area contributed by atoms with Gasteiger partial charge in [-0.15, -0.1) is 0 Å². The number of fused-ring (bicyclic) bond motifs is 3. The van der Waals surface area contributed by atoms with Gasteiger partial charge in [-0.2, -0.15) is 0 Å². The topological polar surface area (TPSA) is 47.4 Å². The Hall–Kier alpha value is -2.30. The predicted octanol–water partition coefficient (Wildman–Crippen LogP) is 2.97. The van der Waals surface area contributed by atoms with Crippen LogP contribution in [-0.4, -0.2) is 39.0 Å². The van der Waals surface area contributed by atoms with Crippen LogP contribution in [0.5, 0.6) is 5.75 Å². The second kappa shape index (κ2) is 4.90. The zero-order valence-electron chi connectivity index (χ0n) is 14.9. The fourth-order valence-electron chi connectivity index (χ4n) is 5.46. The number of carbonyl (C=O) groups is 1. The molecule has 0 atom stereocenters. The Morgan fingerprint density at radius 1 is 1.15 bits per heavy atom. The number of imidazole rings is 1. The van der Waals surface area contributed by atoms with Crippen molar-refractivity contribution in [3.63, 3.8) is 0 Å². The first kappa shape index (κ1) is 14.8. The van der Waals surface area contributed by atoms with Crippen molar-refractivity contribution in [2.45, 2.75) is 44.1 Å². The van der Waals surface area contributed by atoms with E-state index in [-0.39, 0.29) is 11.0 Å². The lowest BCUT2D eigenvalue weighted by Gasteiger charge is -2.61. The molecule has 2 aliphatic heterocycles. The van der Waals surface area contributed by atoms with Gasteiger partial charge in [-0.1, -0.05) is 12.1 Å². The SMILES string of the molecule is O=C(N1CCC2(CC1)Cc1nccn1-c1ccccc1O2)C12CC(C1)C2. The lowest BCUT2D eigenvalue weighted by molar-refractivity contribution is -0.179. The van der Waals surface area contributed by atoms with E-state index < -0.39 is 0 Å². The zero-order chi connectivity index (χ0) is 17.4. The summed E-state index contributed by atoms with van der Waals surface area (Å²) in [5, 5.41) is 0. The van der Waals surface area contributed by atoms with E-state index in [1.807, 2.05) is 30.6 Å². The second-order valence-electron chi connectivity index (χ2n) is 8.69. The molecule has 1 saturated heterocycles. The van der Waals surface area contributed by atoms with E-state index >= 15 is 0 Å². The Bertz CT molecular complexity index is 877. The number of piperidine rings is 1. The fourth-order valence-corrected chi connectivity index (χ4v) is 5.46. The smallest absolute Gasteiger partial charge is 0.228 e. The minimum absolute atomic E-state index is 0.0301. The van der Waals surface area contributed by atoms with Gasteiger partial charge in [0.05, 0.1) is 11.1 Å². The molecule has 0 unspecified atom stereocenters. The Labute approximate surface area is 153 Å². The molecule has 2 aromatic rings. The van der Waals surface area contributed by atoms with Crippen molar-refractivity contribution < 1.29 is 9.53 Å². The lowest BCUT2D eigenvalue weighted by Crippen LogP contribution is -2.63. The van der Waals surface area contributed by atoms with Crippen molar-refractivity contribution in [2.75, 3.05) is 13.1 Å². The van der Waals surface area contributed by atoms with Crippen LogP contribution in [0.4, 0.5) is 0 Å². The van der Waals surface area contributed by atoms with Crippen LogP contribution in [0.3, 0.4) is 0 Å². The molecule has 3 heterocycles. The molecule has 1 amide bonds. The summed E-state index contributed by atoms with van der Waals surface area (Å²) in [5.74, 6) is 3.22. The number of rotatable bonds is 1. The van der Waals surface area contributed by atoms with Crippen molar-refractivity contribution in [3.8, 4) is 11.4 Å². The van der Waals surface area contributed by atoms with Crippen LogP contribution in [0.15, 0.2) is 36.7 Å². The normalized spacial score (nSPS) is 30.3. The molecule has 0 N–H and O–H groups in total. The molecule has 26 heavy (non-hydrogen) atoms. The lowest BCUT2D eigenvalue weighted by atomic mass is 9.44. The number of amides is 1. The van der Waals surface area contributed by atoms with Crippen LogP contribution < -0.4 is 4.74 Å². The van der Waals surface area contributed by atoms with Gasteiger partial charge in [-0.25, -0.2) is 4.98 Å². The summed E-state index contributed by atoms with van der Waals surface area (Å²) in [6.07, 6.45) is 9.83. The minimum atomic E-state index is -0.258. The predicted molar refractivity (Wildman–Crippen MR) is 96.2 cm³/mol. The van der Waals surface area contributed by atoms with Gasteiger partial charge in [0.15, 0.2) is 0 Å². The number of hydrogen-bond donors (Lipinski definition) is 0. The van der Waals surface area contributed by atoms with Crippen LogP contribution in [0.25, 0.3) is 5.69 Å². The fraction of sp³-hybridized carbons (Fsp3) is 0.524. The molecule has 1 spiro atoms. The highest BCUT2D eigenvalue weighted by Crippen LogP contribution is 2.65. The first-order valence-corrected chi connectivity index (χ1v) is 9.77. The van der Waals surface area contributed by atoms with E-state index in [2.05, 4.69) is 20.5 Å². The standard InChI is InChI=1S/C21H23N3O2/c25-19(20-11-15(12-20)13-20)23-8-5-21(6-9-23)14-18-22-7-10-24(18)16-3-1-2-4-17(16)26-21/h1-4,7,10,15H,5-6,8-9,11-14H2. The van der Waals surface area contributed by atoms with E-state index in [9.17, 15) is 4.79 Å². The monoisotopic (exact) mass is 349 g/mol. The number of ether oxygens (including phenoxy) is 1. The molecule has 4 fully saturated rings. The first-order chi connectivity index (χ1) is 12.7. The van der Waals surface area contributed by atoms with E-state index in [4.69, 9.17) is 4.74 Å². The molecule has 1 aromatic heterocycles. The molecule has 5 nitrogen and oxygen atoms in total. The maximum absolute atomic E-state index is 12.9. The highest BCUT2D eigenvalue weighted by Gasteiger charge is 2.62. The van der Waals surface area contributed by atoms with Crippen LogP contribution in [0.1, 0.15) is 37.9 Å². The molecule has 7 rings (SSSR count). The summed E-state index contributed by atoms with van der Waals surface area (Å²) in [4.78, 5) is 19.6. The van der Waals surface area contributed by atoms with E-state index in [1.54, 1.807) is 0 Å². The summed E-state index contributed by atoms with van der Waals surface area (Å²) in [7, 11) is 0. The average molecular weight is 349 g/mol. The highest BCUT2D eigenvalue weighted by atomic mass is 16.5. The molecule has 1 aromatic carbocycles. The van der Waals surface area contributed by atoms with E-state index in [1.165, 1.54) is 0 Å². The number of aromatic nitrogens is 2. The number of carbonyl (C=O) groups excluding carboxylic acids is 1. The summed E-state index contributed by atoms with van der Waals surface area (Å²) in [5.41, 5.74) is 0.832. The molecule has 3 aliphatic carbocycles. The summed E-state index contributed by atoms with van der Waals surface area (Å²) in [6.45, 7) is 1.60. The van der Waals surface area contributed by atoms with Crippen LogP contribution >= 0.6 is 0 Å². The van der Waals surface area contributed by atoms with Gasteiger partial charge < -0.3 is 14.2 Å². The third-order valence-corrected chi connectivity index (χ3v) is 7.10. The summed E-state index contributed by atoms with van der Waals surface area (Å²) < 4.78 is 8.73.